The maximum Gasteiger partial charge on any atom is 1.00 e. The van der Waals surface area contributed by atoms with Gasteiger partial charge in [-0.05, 0) is 0 Å². The van der Waals surface area contributed by atoms with Crippen LogP contribution in [-0.2, 0) is 0 Å². The second-order valence-electron chi connectivity index (χ2n) is 4.40. The van der Waals surface area contributed by atoms with Gasteiger partial charge in [-0.25, -0.2) is 6.92 Å². The zero-order valence-corrected chi connectivity index (χ0v) is 14.9. The molecule has 0 heterocycles. The Kier molecular flexibility index (Phi) is 10.3. The molecular weight excluding hydrogens is 294 g/mol. The normalized spacial score (nSPS) is 10.0. The first-order valence-electron chi connectivity index (χ1n) is 6.65. The van der Waals surface area contributed by atoms with Gasteiger partial charge in [-0.3, -0.25) is 0 Å². The molecule has 2 aromatic rings. The van der Waals surface area contributed by atoms with Crippen molar-refractivity contribution in [3.63, 3.8) is 0 Å². The molecule has 0 amide bonds. The van der Waals surface area contributed by atoms with Crippen molar-refractivity contribution in [3.8, 4) is 17.2 Å². The van der Waals surface area contributed by atoms with Gasteiger partial charge in [0.05, 0.1) is 21.3 Å². The molecule has 0 aromatic heterocycles. The number of nitrogens with zero attached hydrogens (tertiary/aromatic N) is 2. The summed E-state index contributed by atoms with van der Waals surface area (Å²) in [6.45, 7) is 3.93. The smallest absolute Gasteiger partial charge is 0.578 e. The van der Waals surface area contributed by atoms with Crippen LogP contribution in [0.4, 0.5) is 5.69 Å². The third-order valence-electron chi connectivity index (χ3n) is 3.04. The van der Waals surface area contributed by atoms with E-state index in [0.717, 1.165) is 11.3 Å². The number of hydrogen-bond donors (Lipinski definition) is 0. The Morgan fingerprint density at radius 2 is 1.46 bits per heavy atom. The Bertz CT molecular complexity index is 639. The molecule has 0 aliphatic heterocycles. The SMILES string of the molecule is [CH2-]/C(=N\[N-]c1ccccc1)c1cc(OC)c(OC)c(OC)c1.[Li+].[Li+]. The zero-order chi connectivity index (χ0) is 15.9. The van der Waals surface area contributed by atoms with Crippen LogP contribution < -0.4 is 51.9 Å². The van der Waals surface area contributed by atoms with Gasteiger partial charge in [-0.1, -0.05) is 42.5 Å². The van der Waals surface area contributed by atoms with Gasteiger partial charge in [-0.2, -0.15) is 0 Å². The third kappa shape index (κ3) is 5.48. The minimum Gasteiger partial charge on any atom is -0.578 e. The molecule has 0 unspecified atom stereocenters. The maximum absolute atomic E-state index is 5.31. The van der Waals surface area contributed by atoms with Crippen molar-refractivity contribution < 1.29 is 51.9 Å². The van der Waals surface area contributed by atoms with Gasteiger partial charge in [0, 0.05) is 0 Å². The second-order valence-corrected chi connectivity index (χ2v) is 4.40. The van der Waals surface area contributed by atoms with Crippen LogP contribution in [0.25, 0.3) is 5.43 Å². The summed E-state index contributed by atoms with van der Waals surface area (Å²) < 4.78 is 15.9. The van der Waals surface area contributed by atoms with Gasteiger partial charge in [0.15, 0.2) is 5.75 Å². The summed E-state index contributed by atoms with van der Waals surface area (Å²) in [5, 5.41) is 4.15. The predicted molar refractivity (Wildman–Crippen MR) is 87.5 cm³/mol. The second kappa shape index (κ2) is 11.0. The fraction of sp³-hybridized carbons (Fsp3) is 0.176. The average molecular weight is 312 g/mol. The topological polar surface area (TPSA) is 54.2 Å². The van der Waals surface area contributed by atoms with Gasteiger partial charge in [0.1, 0.15) is 11.5 Å². The standard InChI is InChI=1S/C17H18N2O3.2Li/c1-12(18-19-14-8-6-5-7-9-14)13-10-15(20-2)17(22-4)16(11-13)21-3;;/h5-11H,1H2,2-4H3;;/q-2;2*+1/b18-12+;;. The van der Waals surface area contributed by atoms with Crippen LogP contribution >= 0.6 is 0 Å². The van der Waals surface area contributed by atoms with Crippen molar-refractivity contribution in [2.75, 3.05) is 21.3 Å². The molecule has 0 saturated heterocycles. The summed E-state index contributed by atoms with van der Waals surface area (Å²) in [4.78, 5) is 0. The van der Waals surface area contributed by atoms with E-state index in [2.05, 4.69) is 17.5 Å². The molecule has 24 heavy (non-hydrogen) atoms. The van der Waals surface area contributed by atoms with Crippen LogP contribution in [0.15, 0.2) is 47.6 Å². The van der Waals surface area contributed by atoms with Crippen molar-refractivity contribution in [1.82, 2.24) is 0 Å². The van der Waals surface area contributed by atoms with Crippen LogP contribution in [0, 0.1) is 6.92 Å². The van der Waals surface area contributed by atoms with E-state index in [0.29, 0.717) is 23.0 Å². The molecule has 0 fully saturated rings. The van der Waals surface area contributed by atoms with Crippen molar-refractivity contribution >= 4 is 11.4 Å². The molecule has 0 bridgehead atoms. The molecular formula is C17H18Li2N2O3. The summed E-state index contributed by atoms with van der Waals surface area (Å²) in [6, 6.07) is 13.0. The number of methoxy groups -OCH3 is 3. The summed E-state index contributed by atoms with van der Waals surface area (Å²) in [7, 11) is 4.69. The van der Waals surface area contributed by atoms with Gasteiger partial charge in [0.2, 0.25) is 0 Å². The van der Waals surface area contributed by atoms with Crippen molar-refractivity contribution in [1.29, 1.82) is 0 Å². The van der Waals surface area contributed by atoms with Crippen molar-refractivity contribution in [2.45, 2.75) is 0 Å². The zero-order valence-electron chi connectivity index (χ0n) is 14.9. The average Bonchev–Trinajstić information content (AvgIpc) is 2.59. The van der Waals surface area contributed by atoms with Gasteiger partial charge in [-0.15, -0.1) is 17.0 Å². The van der Waals surface area contributed by atoms with Crippen molar-refractivity contribution in [3.05, 3.63) is 60.4 Å². The van der Waals surface area contributed by atoms with E-state index in [1.807, 2.05) is 30.3 Å². The largest absolute Gasteiger partial charge is 1.00 e. The van der Waals surface area contributed by atoms with E-state index in [1.165, 1.54) is 0 Å². The molecule has 0 aliphatic rings. The molecule has 116 valence electrons. The van der Waals surface area contributed by atoms with Crippen LogP contribution in [0.2, 0.25) is 0 Å². The molecule has 0 radical (unpaired) electrons. The van der Waals surface area contributed by atoms with Crippen molar-refractivity contribution in [2.24, 2.45) is 5.10 Å². The maximum atomic E-state index is 5.31. The molecule has 0 saturated carbocycles. The van der Waals surface area contributed by atoms with Crippen LogP contribution in [0.1, 0.15) is 5.56 Å². The van der Waals surface area contributed by atoms with Crippen LogP contribution in [0.5, 0.6) is 17.2 Å². The number of ether oxygens (including phenoxy) is 3. The Hall–Kier alpha value is -1.63. The Labute approximate surface area is 167 Å². The molecule has 0 aliphatic carbocycles. The van der Waals surface area contributed by atoms with E-state index < -0.39 is 0 Å². The number of rotatable bonds is 6. The molecule has 0 spiro atoms. The van der Waals surface area contributed by atoms with Crippen LogP contribution in [-0.4, -0.2) is 27.0 Å². The first-order chi connectivity index (χ1) is 10.7. The quantitative estimate of drug-likeness (QED) is 0.267. The molecule has 2 aromatic carbocycles. The minimum absolute atomic E-state index is 0. The first-order valence-corrected chi connectivity index (χ1v) is 6.65. The Morgan fingerprint density at radius 3 is 1.92 bits per heavy atom. The molecule has 0 atom stereocenters. The fourth-order valence-electron chi connectivity index (χ4n) is 1.92. The Balaban J connectivity index is 0.00000264. The molecule has 0 N–H and O–H groups in total. The van der Waals surface area contributed by atoms with E-state index in [-0.39, 0.29) is 37.7 Å². The van der Waals surface area contributed by atoms with Crippen LogP contribution in [0.3, 0.4) is 0 Å². The number of benzene rings is 2. The summed E-state index contributed by atoms with van der Waals surface area (Å²) in [5.41, 5.74) is 6.16. The molecule has 2 rings (SSSR count). The monoisotopic (exact) mass is 312 g/mol. The third-order valence-corrected chi connectivity index (χ3v) is 3.04. The summed E-state index contributed by atoms with van der Waals surface area (Å²) in [5.74, 6) is 1.63. The van der Waals surface area contributed by atoms with E-state index in [4.69, 9.17) is 14.2 Å². The van der Waals surface area contributed by atoms with E-state index in [1.54, 1.807) is 33.5 Å². The van der Waals surface area contributed by atoms with Gasteiger partial charge >= 0.3 is 37.7 Å². The molecule has 5 nitrogen and oxygen atoms in total. The minimum atomic E-state index is 0. The number of hydrogen-bond acceptors (Lipinski definition) is 4. The van der Waals surface area contributed by atoms with E-state index >= 15 is 0 Å². The molecule has 7 heteroatoms. The van der Waals surface area contributed by atoms with E-state index in [9.17, 15) is 0 Å². The Morgan fingerprint density at radius 1 is 0.917 bits per heavy atom. The predicted octanol–water partition coefficient (Wildman–Crippen LogP) is -2.04. The first kappa shape index (κ1) is 22.4. The fourth-order valence-corrected chi connectivity index (χ4v) is 1.92. The summed E-state index contributed by atoms with van der Waals surface area (Å²) in [6.07, 6.45) is 0. The van der Waals surface area contributed by atoms with Gasteiger partial charge in [0.25, 0.3) is 0 Å². The summed E-state index contributed by atoms with van der Waals surface area (Å²) >= 11 is 0. The van der Waals surface area contributed by atoms with Gasteiger partial charge < -0.3 is 24.7 Å².